The molecule has 0 heterocycles. The minimum Gasteiger partial charge on any atom is -0.399 e. The molecule has 2 aromatic carbocycles. The maximum absolute atomic E-state index is 13.9. The summed E-state index contributed by atoms with van der Waals surface area (Å²) in [6, 6.07) is 11.3. The van der Waals surface area contributed by atoms with Crippen LogP contribution in [0.1, 0.15) is 17.3 Å². The lowest BCUT2D eigenvalue weighted by Crippen LogP contribution is -2.31. The molecule has 0 bridgehead atoms. The maximum atomic E-state index is 13.9. The molecule has 0 saturated carbocycles. The second-order valence-electron chi connectivity index (χ2n) is 4.27. The van der Waals surface area contributed by atoms with Crippen LogP contribution in [0.4, 0.5) is 15.8 Å². The summed E-state index contributed by atoms with van der Waals surface area (Å²) in [5.74, 6) is -0.916. The number of anilines is 2. The Hall–Kier alpha value is -1.88. The van der Waals surface area contributed by atoms with Crippen LogP contribution >= 0.6 is 15.9 Å². The molecule has 2 aromatic rings. The molecule has 0 spiro atoms. The average molecular weight is 337 g/mol. The molecule has 104 valence electrons. The van der Waals surface area contributed by atoms with Crippen molar-refractivity contribution in [3.63, 3.8) is 0 Å². The Morgan fingerprint density at radius 3 is 2.45 bits per heavy atom. The number of hydrogen-bond donors (Lipinski definition) is 1. The predicted molar refractivity (Wildman–Crippen MR) is 82.3 cm³/mol. The lowest BCUT2D eigenvalue weighted by Gasteiger charge is -2.21. The summed E-state index contributed by atoms with van der Waals surface area (Å²) < 4.78 is 14.5. The first kappa shape index (κ1) is 14.5. The highest BCUT2D eigenvalue weighted by molar-refractivity contribution is 9.10. The van der Waals surface area contributed by atoms with Crippen LogP contribution in [0.2, 0.25) is 0 Å². The van der Waals surface area contributed by atoms with Gasteiger partial charge in [0.2, 0.25) is 0 Å². The average Bonchev–Trinajstić information content (AvgIpc) is 2.41. The van der Waals surface area contributed by atoms with Crippen molar-refractivity contribution in [1.29, 1.82) is 0 Å². The third-order valence-corrected chi connectivity index (χ3v) is 3.42. The van der Waals surface area contributed by atoms with Crippen molar-refractivity contribution in [1.82, 2.24) is 0 Å². The molecule has 0 aliphatic rings. The Balaban J connectivity index is 2.36. The SMILES string of the molecule is CCN(C(=O)c1ccc(Br)cc1F)c1ccc(N)cc1. The number of rotatable bonds is 3. The van der Waals surface area contributed by atoms with E-state index >= 15 is 0 Å². The van der Waals surface area contributed by atoms with Crippen LogP contribution in [-0.4, -0.2) is 12.5 Å². The van der Waals surface area contributed by atoms with Crippen molar-refractivity contribution < 1.29 is 9.18 Å². The first-order chi connectivity index (χ1) is 9.52. The lowest BCUT2D eigenvalue weighted by atomic mass is 10.1. The number of amides is 1. The molecule has 0 radical (unpaired) electrons. The normalized spacial score (nSPS) is 10.3. The molecule has 0 saturated heterocycles. The van der Waals surface area contributed by atoms with Gasteiger partial charge in [0.05, 0.1) is 5.56 Å². The summed E-state index contributed by atoms with van der Waals surface area (Å²) in [6.45, 7) is 2.28. The number of carbonyl (C=O) groups excluding carboxylic acids is 1. The number of halogens is 2. The molecule has 5 heteroatoms. The molecule has 0 aromatic heterocycles. The Morgan fingerprint density at radius 2 is 1.90 bits per heavy atom. The van der Waals surface area contributed by atoms with Gasteiger partial charge in [-0.2, -0.15) is 0 Å². The van der Waals surface area contributed by atoms with Crippen LogP contribution in [0.25, 0.3) is 0 Å². The Kier molecular flexibility index (Phi) is 4.39. The van der Waals surface area contributed by atoms with E-state index in [1.807, 2.05) is 6.92 Å². The van der Waals surface area contributed by atoms with Crippen LogP contribution in [0.3, 0.4) is 0 Å². The number of benzene rings is 2. The summed E-state index contributed by atoms with van der Waals surface area (Å²) >= 11 is 3.17. The van der Waals surface area contributed by atoms with Crippen LogP contribution in [0, 0.1) is 5.82 Å². The van der Waals surface area contributed by atoms with Crippen molar-refractivity contribution >= 4 is 33.2 Å². The van der Waals surface area contributed by atoms with Crippen LogP contribution in [0.15, 0.2) is 46.9 Å². The standard InChI is InChI=1S/C15H14BrFN2O/c1-2-19(12-6-4-11(18)5-7-12)15(20)13-8-3-10(16)9-14(13)17/h3-9H,2,18H2,1H3. The van der Waals surface area contributed by atoms with E-state index in [0.29, 0.717) is 22.4 Å². The molecule has 0 unspecified atom stereocenters. The van der Waals surface area contributed by atoms with E-state index in [2.05, 4.69) is 15.9 Å². The van der Waals surface area contributed by atoms with E-state index in [1.165, 1.54) is 17.0 Å². The topological polar surface area (TPSA) is 46.3 Å². The van der Waals surface area contributed by atoms with Crippen LogP contribution < -0.4 is 10.6 Å². The van der Waals surface area contributed by atoms with E-state index < -0.39 is 5.82 Å². The molecule has 1 amide bonds. The zero-order valence-corrected chi connectivity index (χ0v) is 12.5. The van der Waals surface area contributed by atoms with Gasteiger partial charge in [0.15, 0.2) is 0 Å². The summed E-state index contributed by atoms with van der Waals surface area (Å²) in [4.78, 5) is 13.9. The monoisotopic (exact) mass is 336 g/mol. The van der Waals surface area contributed by atoms with E-state index in [4.69, 9.17) is 5.73 Å². The van der Waals surface area contributed by atoms with Crippen molar-refractivity contribution in [2.45, 2.75) is 6.92 Å². The van der Waals surface area contributed by atoms with Gasteiger partial charge in [0, 0.05) is 22.4 Å². The van der Waals surface area contributed by atoms with E-state index in [9.17, 15) is 9.18 Å². The third kappa shape index (κ3) is 2.99. The number of hydrogen-bond acceptors (Lipinski definition) is 2. The Morgan fingerprint density at radius 1 is 1.25 bits per heavy atom. The zero-order chi connectivity index (χ0) is 14.7. The number of carbonyl (C=O) groups is 1. The summed E-state index contributed by atoms with van der Waals surface area (Å²) in [6.07, 6.45) is 0. The minimum atomic E-state index is -0.543. The van der Waals surface area contributed by atoms with Gasteiger partial charge in [0.1, 0.15) is 5.82 Å². The van der Waals surface area contributed by atoms with Gasteiger partial charge in [-0.25, -0.2) is 4.39 Å². The van der Waals surface area contributed by atoms with Gasteiger partial charge < -0.3 is 10.6 Å². The van der Waals surface area contributed by atoms with Crippen molar-refractivity contribution in [2.24, 2.45) is 0 Å². The van der Waals surface area contributed by atoms with Crippen molar-refractivity contribution in [3.8, 4) is 0 Å². The summed E-state index contributed by atoms with van der Waals surface area (Å²) in [5, 5.41) is 0. The molecular weight excluding hydrogens is 323 g/mol. The molecule has 20 heavy (non-hydrogen) atoms. The number of nitrogens with two attached hydrogens (primary N) is 1. The molecule has 0 atom stereocenters. The van der Waals surface area contributed by atoms with Crippen molar-refractivity contribution in [2.75, 3.05) is 17.2 Å². The maximum Gasteiger partial charge on any atom is 0.261 e. The largest absolute Gasteiger partial charge is 0.399 e. The van der Waals surface area contributed by atoms with E-state index in [0.717, 1.165) is 0 Å². The summed E-state index contributed by atoms with van der Waals surface area (Å²) in [7, 11) is 0. The van der Waals surface area contributed by atoms with Gasteiger partial charge in [-0.15, -0.1) is 0 Å². The Labute approximate surface area is 125 Å². The molecule has 2 rings (SSSR count). The first-order valence-electron chi connectivity index (χ1n) is 6.15. The Bertz CT molecular complexity index is 628. The molecule has 3 nitrogen and oxygen atoms in total. The van der Waals surface area contributed by atoms with Gasteiger partial charge in [-0.05, 0) is 49.4 Å². The summed E-state index contributed by atoms with van der Waals surface area (Å²) in [5.41, 5.74) is 6.98. The highest BCUT2D eigenvalue weighted by Crippen LogP contribution is 2.21. The molecule has 0 aliphatic heterocycles. The fourth-order valence-electron chi connectivity index (χ4n) is 1.91. The van der Waals surface area contributed by atoms with Gasteiger partial charge in [-0.1, -0.05) is 15.9 Å². The molecule has 0 aliphatic carbocycles. The fourth-order valence-corrected chi connectivity index (χ4v) is 2.24. The second-order valence-corrected chi connectivity index (χ2v) is 5.18. The second kappa shape index (κ2) is 6.05. The van der Waals surface area contributed by atoms with Gasteiger partial charge in [0.25, 0.3) is 5.91 Å². The van der Waals surface area contributed by atoms with Gasteiger partial charge >= 0.3 is 0 Å². The molecule has 2 N–H and O–H groups in total. The molecule has 0 fully saturated rings. The lowest BCUT2D eigenvalue weighted by molar-refractivity contribution is 0.0984. The van der Waals surface area contributed by atoms with Crippen LogP contribution in [0.5, 0.6) is 0 Å². The van der Waals surface area contributed by atoms with E-state index in [1.54, 1.807) is 30.3 Å². The van der Waals surface area contributed by atoms with Gasteiger partial charge in [-0.3, -0.25) is 4.79 Å². The first-order valence-corrected chi connectivity index (χ1v) is 6.94. The third-order valence-electron chi connectivity index (χ3n) is 2.93. The quantitative estimate of drug-likeness (QED) is 0.865. The van der Waals surface area contributed by atoms with E-state index in [-0.39, 0.29) is 11.5 Å². The smallest absolute Gasteiger partial charge is 0.261 e. The number of nitrogens with zero attached hydrogens (tertiary/aromatic N) is 1. The highest BCUT2D eigenvalue weighted by Gasteiger charge is 2.19. The van der Waals surface area contributed by atoms with Crippen molar-refractivity contribution in [3.05, 3.63) is 58.3 Å². The number of nitrogen functional groups attached to an aromatic ring is 1. The van der Waals surface area contributed by atoms with Crippen LogP contribution in [-0.2, 0) is 0 Å². The highest BCUT2D eigenvalue weighted by atomic mass is 79.9. The molecular formula is C15H14BrFN2O. The zero-order valence-electron chi connectivity index (χ0n) is 10.9. The minimum absolute atomic E-state index is 0.0480. The predicted octanol–water partition coefficient (Wildman–Crippen LogP) is 3.84. The fraction of sp³-hybridized carbons (Fsp3) is 0.133.